The van der Waals surface area contributed by atoms with Crippen LogP contribution in [0.1, 0.15) is 10.7 Å². The van der Waals surface area contributed by atoms with Gasteiger partial charge in [0.15, 0.2) is 17.5 Å². The molecule has 0 unspecified atom stereocenters. The van der Waals surface area contributed by atoms with Gasteiger partial charge in [0.1, 0.15) is 0 Å². The van der Waals surface area contributed by atoms with E-state index in [1.54, 1.807) is 16.2 Å². The van der Waals surface area contributed by atoms with Crippen LogP contribution in [-0.2, 0) is 13.1 Å². The summed E-state index contributed by atoms with van der Waals surface area (Å²) in [5, 5.41) is 16.5. The van der Waals surface area contributed by atoms with Crippen LogP contribution < -0.4 is 5.32 Å². The Morgan fingerprint density at radius 2 is 1.97 bits per heavy atom. The zero-order valence-corrected chi connectivity index (χ0v) is 16.3. The van der Waals surface area contributed by atoms with E-state index in [0.717, 1.165) is 17.0 Å². The van der Waals surface area contributed by atoms with Gasteiger partial charge in [0.05, 0.1) is 18.8 Å². The molecule has 1 aliphatic rings. The lowest BCUT2D eigenvalue weighted by Crippen LogP contribution is -2.51. The van der Waals surface area contributed by atoms with Gasteiger partial charge in [-0.1, -0.05) is 6.07 Å². The Kier molecular flexibility index (Phi) is 5.76. The highest BCUT2D eigenvalue weighted by atomic mass is 32.1. The maximum atomic E-state index is 13.5. The van der Waals surface area contributed by atoms with Gasteiger partial charge in [-0.15, -0.1) is 16.4 Å². The highest BCUT2D eigenvalue weighted by Gasteiger charge is 2.23. The van der Waals surface area contributed by atoms with Crippen molar-refractivity contribution < 1.29 is 13.6 Å². The molecule has 1 fully saturated rings. The molecule has 0 spiro atoms. The summed E-state index contributed by atoms with van der Waals surface area (Å²) in [7, 11) is 0. The van der Waals surface area contributed by atoms with Crippen molar-refractivity contribution in [3.8, 4) is 5.69 Å². The zero-order valence-electron chi connectivity index (χ0n) is 15.5. The second-order valence-corrected chi connectivity index (χ2v) is 7.64. The molecule has 3 aromatic rings. The minimum atomic E-state index is -0.953. The molecule has 8 nitrogen and oxygen atoms in total. The molecular formula is C18H19F2N7OS. The summed E-state index contributed by atoms with van der Waals surface area (Å²) in [5.74, 6) is -1.35. The van der Waals surface area contributed by atoms with Crippen LogP contribution in [0.5, 0.6) is 0 Å². The summed E-state index contributed by atoms with van der Waals surface area (Å²) in [5.41, 5.74) is 0.357. The van der Waals surface area contributed by atoms with Crippen LogP contribution in [0, 0.1) is 11.6 Å². The minimum absolute atomic E-state index is 0.0790. The highest BCUT2D eigenvalue weighted by molar-refractivity contribution is 7.09. The van der Waals surface area contributed by atoms with Crippen LogP contribution in [0.4, 0.5) is 13.6 Å². The first-order valence-corrected chi connectivity index (χ1v) is 9.98. The van der Waals surface area contributed by atoms with Crippen molar-refractivity contribution in [2.45, 2.75) is 13.1 Å². The standard InChI is InChI=1S/C18H19F2N7OS/c19-15-4-3-13(10-16(15)20)27-17(22-23-24-27)12-25-5-7-26(8-6-25)18(28)21-11-14-2-1-9-29-14/h1-4,9-10H,5-8,11-12H2,(H,21,28). The zero-order chi connectivity index (χ0) is 20.2. The molecule has 2 aromatic heterocycles. The molecule has 11 heteroatoms. The second-order valence-electron chi connectivity index (χ2n) is 6.61. The topological polar surface area (TPSA) is 79.2 Å². The van der Waals surface area contributed by atoms with Gasteiger partial charge in [0, 0.05) is 37.1 Å². The number of thiophene rings is 1. The number of halogens is 2. The van der Waals surface area contributed by atoms with E-state index >= 15 is 0 Å². The molecule has 3 heterocycles. The van der Waals surface area contributed by atoms with E-state index in [1.165, 1.54) is 10.7 Å². The predicted octanol–water partition coefficient (Wildman–Crippen LogP) is 2.03. The van der Waals surface area contributed by atoms with Gasteiger partial charge in [0.2, 0.25) is 0 Å². The summed E-state index contributed by atoms with van der Waals surface area (Å²) in [6.45, 7) is 3.47. The summed E-state index contributed by atoms with van der Waals surface area (Å²) in [6.07, 6.45) is 0. The largest absolute Gasteiger partial charge is 0.333 e. The lowest BCUT2D eigenvalue weighted by molar-refractivity contribution is 0.133. The predicted molar refractivity (Wildman–Crippen MR) is 102 cm³/mol. The molecule has 0 bridgehead atoms. The van der Waals surface area contributed by atoms with Crippen LogP contribution in [0.25, 0.3) is 5.69 Å². The van der Waals surface area contributed by atoms with Crippen molar-refractivity contribution in [2.75, 3.05) is 26.2 Å². The quantitative estimate of drug-likeness (QED) is 0.685. The Morgan fingerprint density at radius 1 is 1.14 bits per heavy atom. The molecule has 1 N–H and O–H groups in total. The first-order valence-electron chi connectivity index (χ1n) is 9.10. The molecule has 29 heavy (non-hydrogen) atoms. The van der Waals surface area contributed by atoms with E-state index in [1.807, 2.05) is 17.5 Å². The van der Waals surface area contributed by atoms with Crippen LogP contribution in [0.3, 0.4) is 0 Å². The number of nitrogens with zero attached hydrogens (tertiary/aromatic N) is 6. The average molecular weight is 419 g/mol. The Balaban J connectivity index is 1.32. The van der Waals surface area contributed by atoms with E-state index < -0.39 is 11.6 Å². The maximum absolute atomic E-state index is 13.5. The summed E-state index contributed by atoms with van der Waals surface area (Å²) >= 11 is 1.61. The third-order valence-electron chi connectivity index (χ3n) is 4.70. The number of hydrogen-bond acceptors (Lipinski definition) is 6. The first-order chi connectivity index (χ1) is 14.1. The molecule has 2 amide bonds. The Bertz CT molecular complexity index is 971. The normalized spacial score (nSPS) is 14.9. The fourth-order valence-corrected chi connectivity index (χ4v) is 3.76. The summed E-state index contributed by atoms with van der Waals surface area (Å²) in [4.78, 5) is 17.3. The van der Waals surface area contributed by atoms with E-state index in [0.29, 0.717) is 50.8 Å². The summed E-state index contributed by atoms with van der Waals surface area (Å²) < 4.78 is 28.1. The number of benzene rings is 1. The molecule has 0 radical (unpaired) electrons. The van der Waals surface area contributed by atoms with Crippen molar-refractivity contribution >= 4 is 17.4 Å². The highest BCUT2D eigenvalue weighted by Crippen LogP contribution is 2.15. The maximum Gasteiger partial charge on any atom is 0.317 e. The minimum Gasteiger partial charge on any atom is -0.333 e. The average Bonchev–Trinajstić information content (AvgIpc) is 3.41. The van der Waals surface area contributed by atoms with Gasteiger partial charge >= 0.3 is 6.03 Å². The first kappa shape index (κ1) is 19.4. The van der Waals surface area contributed by atoms with Gasteiger partial charge in [-0.25, -0.2) is 13.6 Å². The number of rotatable bonds is 5. The molecule has 1 aliphatic heterocycles. The number of carbonyl (C=O) groups is 1. The van der Waals surface area contributed by atoms with Crippen LogP contribution in [0.2, 0.25) is 0 Å². The second kappa shape index (κ2) is 8.62. The van der Waals surface area contributed by atoms with Gasteiger partial charge < -0.3 is 10.2 Å². The molecule has 152 valence electrons. The van der Waals surface area contributed by atoms with E-state index in [4.69, 9.17) is 0 Å². The molecule has 0 atom stereocenters. The van der Waals surface area contributed by atoms with Gasteiger partial charge in [-0.2, -0.15) is 4.68 Å². The van der Waals surface area contributed by atoms with Gasteiger partial charge in [-0.05, 0) is 34.0 Å². The summed E-state index contributed by atoms with van der Waals surface area (Å²) in [6, 6.07) is 7.40. The third-order valence-corrected chi connectivity index (χ3v) is 5.58. The van der Waals surface area contributed by atoms with E-state index in [-0.39, 0.29) is 6.03 Å². The fourth-order valence-electron chi connectivity index (χ4n) is 3.12. The van der Waals surface area contributed by atoms with Crippen molar-refractivity contribution in [3.63, 3.8) is 0 Å². The van der Waals surface area contributed by atoms with E-state index in [2.05, 4.69) is 25.7 Å². The molecule has 1 aromatic carbocycles. The lowest BCUT2D eigenvalue weighted by Gasteiger charge is -2.34. The van der Waals surface area contributed by atoms with Gasteiger partial charge in [-0.3, -0.25) is 4.90 Å². The van der Waals surface area contributed by atoms with Crippen molar-refractivity contribution in [2.24, 2.45) is 0 Å². The van der Waals surface area contributed by atoms with Gasteiger partial charge in [0.25, 0.3) is 0 Å². The number of nitrogens with one attached hydrogen (secondary N) is 1. The number of tetrazole rings is 1. The number of urea groups is 1. The monoisotopic (exact) mass is 419 g/mol. The van der Waals surface area contributed by atoms with Crippen LogP contribution in [-0.4, -0.2) is 62.2 Å². The number of hydrogen-bond donors (Lipinski definition) is 1. The van der Waals surface area contributed by atoms with Crippen molar-refractivity contribution in [3.05, 3.63) is 58.0 Å². The lowest BCUT2D eigenvalue weighted by atomic mass is 10.3. The molecule has 4 rings (SSSR count). The Morgan fingerprint density at radius 3 is 2.69 bits per heavy atom. The third kappa shape index (κ3) is 4.57. The smallest absolute Gasteiger partial charge is 0.317 e. The Labute approximate surface area is 169 Å². The number of carbonyl (C=O) groups excluding carboxylic acids is 1. The SMILES string of the molecule is O=C(NCc1cccs1)N1CCN(Cc2nnnn2-c2ccc(F)c(F)c2)CC1. The molecule has 1 saturated heterocycles. The van der Waals surface area contributed by atoms with Crippen LogP contribution >= 0.6 is 11.3 Å². The molecular weight excluding hydrogens is 400 g/mol. The fraction of sp³-hybridized carbons (Fsp3) is 0.333. The van der Waals surface area contributed by atoms with Crippen molar-refractivity contribution in [1.82, 2.24) is 35.3 Å². The number of aromatic nitrogens is 4. The van der Waals surface area contributed by atoms with Crippen LogP contribution in [0.15, 0.2) is 35.7 Å². The Hall–Kier alpha value is -2.92. The van der Waals surface area contributed by atoms with E-state index in [9.17, 15) is 13.6 Å². The van der Waals surface area contributed by atoms with Crippen molar-refractivity contribution in [1.29, 1.82) is 0 Å². The molecule has 0 aliphatic carbocycles. The molecule has 0 saturated carbocycles. The number of amides is 2. The number of piperazine rings is 1.